The van der Waals surface area contributed by atoms with Gasteiger partial charge in [-0.3, -0.25) is 0 Å². The molecule has 0 aliphatic heterocycles. The maximum atomic E-state index is 3.34. The maximum absolute atomic E-state index is 3.34. The Kier molecular flexibility index (Phi) is 4.16. The van der Waals surface area contributed by atoms with Crippen molar-refractivity contribution in [2.24, 2.45) is 0 Å². The van der Waals surface area contributed by atoms with E-state index in [2.05, 4.69) is 55.2 Å². The number of hydrogen-bond acceptors (Lipinski definition) is 2. The molecule has 1 saturated carbocycles. The van der Waals surface area contributed by atoms with Crippen molar-refractivity contribution in [1.82, 2.24) is 5.32 Å². The Hall–Kier alpha value is -0.470. The molecule has 94 valence electrons. The molecule has 0 radical (unpaired) electrons. The van der Waals surface area contributed by atoms with Crippen LogP contribution in [-0.2, 0) is 5.54 Å². The lowest BCUT2D eigenvalue weighted by molar-refractivity contribution is 0.444. The minimum absolute atomic E-state index is 0.0660. The number of hydrogen-bond donors (Lipinski definition) is 1. The van der Waals surface area contributed by atoms with Crippen LogP contribution < -0.4 is 5.32 Å². The summed E-state index contributed by atoms with van der Waals surface area (Å²) in [5.41, 5.74) is 1.42. The fraction of sp³-hybridized carbons (Fsp3) is 0.600. The minimum Gasteiger partial charge on any atom is -0.311 e. The van der Waals surface area contributed by atoms with Crippen molar-refractivity contribution in [3.05, 3.63) is 29.8 Å². The molecule has 2 heteroatoms. The Bertz CT molecular complexity index is 350. The third-order valence-electron chi connectivity index (χ3n) is 3.81. The molecule has 1 fully saturated rings. The van der Waals surface area contributed by atoms with Gasteiger partial charge < -0.3 is 5.32 Å². The Balaban J connectivity index is 2.02. The molecule has 1 nitrogen and oxygen atoms in total. The van der Waals surface area contributed by atoms with Crippen molar-refractivity contribution in [3.63, 3.8) is 0 Å². The fourth-order valence-electron chi connectivity index (χ4n) is 2.29. The molecular formula is C15H23NS. The Labute approximate surface area is 109 Å². The van der Waals surface area contributed by atoms with Gasteiger partial charge >= 0.3 is 0 Å². The highest BCUT2D eigenvalue weighted by Crippen LogP contribution is 2.35. The molecule has 0 unspecified atom stereocenters. The summed E-state index contributed by atoms with van der Waals surface area (Å²) in [6.07, 6.45) is 5.63. The Morgan fingerprint density at radius 3 is 2.24 bits per heavy atom. The first-order chi connectivity index (χ1) is 8.12. The molecule has 0 amide bonds. The van der Waals surface area contributed by atoms with E-state index in [1.54, 1.807) is 0 Å². The molecule has 1 aliphatic rings. The largest absolute Gasteiger partial charge is 0.311 e. The molecular weight excluding hydrogens is 226 g/mol. The SMILES string of the molecule is CNC(C)(C)c1ccc(SC2CCCC2)cc1. The highest BCUT2D eigenvalue weighted by atomic mass is 32.2. The maximum Gasteiger partial charge on any atom is 0.0374 e. The van der Waals surface area contributed by atoms with Crippen LogP contribution >= 0.6 is 11.8 Å². The van der Waals surface area contributed by atoms with Crippen LogP contribution in [0.4, 0.5) is 0 Å². The summed E-state index contributed by atoms with van der Waals surface area (Å²) in [6, 6.07) is 9.07. The van der Waals surface area contributed by atoms with Gasteiger partial charge in [-0.1, -0.05) is 25.0 Å². The second-order valence-electron chi connectivity index (χ2n) is 5.42. The van der Waals surface area contributed by atoms with Gasteiger partial charge in [0.05, 0.1) is 0 Å². The predicted octanol–water partition coefficient (Wildman–Crippen LogP) is 4.18. The molecule has 2 rings (SSSR count). The summed E-state index contributed by atoms with van der Waals surface area (Å²) in [7, 11) is 2.02. The normalized spacial score (nSPS) is 17.6. The molecule has 0 saturated heterocycles. The van der Waals surface area contributed by atoms with E-state index in [9.17, 15) is 0 Å². The number of nitrogens with one attached hydrogen (secondary N) is 1. The molecule has 0 bridgehead atoms. The highest BCUT2D eigenvalue weighted by molar-refractivity contribution is 8.00. The smallest absolute Gasteiger partial charge is 0.0374 e. The minimum atomic E-state index is 0.0660. The van der Waals surface area contributed by atoms with Crippen LogP contribution in [0.25, 0.3) is 0 Å². The van der Waals surface area contributed by atoms with Crippen molar-refractivity contribution in [3.8, 4) is 0 Å². The van der Waals surface area contributed by atoms with E-state index in [0.717, 1.165) is 5.25 Å². The Morgan fingerprint density at radius 2 is 1.71 bits per heavy atom. The zero-order valence-corrected chi connectivity index (χ0v) is 11.9. The van der Waals surface area contributed by atoms with Gasteiger partial charge in [0, 0.05) is 15.7 Å². The quantitative estimate of drug-likeness (QED) is 0.859. The molecule has 0 atom stereocenters. The average Bonchev–Trinajstić information content (AvgIpc) is 2.83. The molecule has 0 aromatic heterocycles. The van der Waals surface area contributed by atoms with E-state index >= 15 is 0 Å². The van der Waals surface area contributed by atoms with Gasteiger partial charge in [-0.05, 0) is 51.4 Å². The second-order valence-corrected chi connectivity index (χ2v) is 6.80. The highest BCUT2D eigenvalue weighted by Gasteiger charge is 2.19. The van der Waals surface area contributed by atoms with Crippen LogP contribution in [0.2, 0.25) is 0 Å². The molecule has 1 aliphatic carbocycles. The van der Waals surface area contributed by atoms with Gasteiger partial charge in [0.25, 0.3) is 0 Å². The molecule has 0 spiro atoms. The monoisotopic (exact) mass is 249 g/mol. The lowest BCUT2D eigenvalue weighted by Gasteiger charge is -2.24. The number of thioether (sulfide) groups is 1. The molecule has 1 aromatic carbocycles. The Morgan fingerprint density at radius 1 is 1.12 bits per heavy atom. The van der Waals surface area contributed by atoms with Gasteiger partial charge in [0.1, 0.15) is 0 Å². The van der Waals surface area contributed by atoms with Crippen molar-refractivity contribution in [1.29, 1.82) is 0 Å². The van der Waals surface area contributed by atoms with Crippen LogP contribution in [0.5, 0.6) is 0 Å². The van der Waals surface area contributed by atoms with E-state index in [1.807, 2.05) is 7.05 Å². The summed E-state index contributed by atoms with van der Waals surface area (Å²) in [6.45, 7) is 4.43. The standard InChI is InChI=1S/C15H23NS/c1-15(2,16-3)12-8-10-14(11-9-12)17-13-6-4-5-7-13/h8-11,13,16H,4-7H2,1-3H3. The van der Waals surface area contributed by atoms with E-state index in [-0.39, 0.29) is 5.54 Å². The number of benzene rings is 1. The van der Waals surface area contributed by atoms with Crippen molar-refractivity contribution < 1.29 is 0 Å². The number of rotatable bonds is 4. The lowest BCUT2D eigenvalue weighted by Crippen LogP contribution is -2.32. The van der Waals surface area contributed by atoms with Crippen LogP contribution in [0.15, 0.2) is 29.2 Å². The van der Waals surface area contributed by atoms with Crippen LogP contribution in [0.3, 0.4) is 0 Å². The van der Waals surface area contributed by atoms with Gasteiger partial charge in [-0.2, -0.15) is 0 Å². The third kappa shape index (κ3) is 3.26. The lowest BCUT2D eigenvalue weighted by atomic mass is 9.95. The summed E-state index contributed by atoms with van der Waals surface area (Å²) < 4.78 is 0. The van der Waals surface area contributed by atoms with E-state index in [0.29, 0.717) is 0 Å². The third-order valence-corrected chi connectivity index (χ3v) is 5.16. The van der Waals surface area contributed by atoms with Gasteiger partial charge in [0.2, 0.25) is 0 Å². The first kappa shape index (κ1) is 13.0. The summed E-state index contributed by atoms with van der Waals surface area (Å²) in [4.78, 5) is 1.42. The van der Waals surface area contributed by atoms with Gasteiger partial charge in [-0.25, -0.2) is 0 Å². The van der Waals surface area contributed by atoms with Crippen molar-refractivity contribution in [2.45, 2.75) is 55.2 Å². The molecule has 1 N–H and O–H groups in total. The van der Waals surface area contributed by atoms with E-state index in [1.165, 1.54) is 36.1 Å². The van der Waals surface area contributed by atoms with Gasteiger partial charge in [0.15, 0.2) is 0 Å². The topological polar surface area (TPSA) is 12.0 Å². The van der Waals surface area contributed by atoms with Gasteiger partial charge in [-0.15, -0.1) is 11.8 Å². The van der Waals surface area contributed by atoms with Crippen LogP contribution in [0, 0.1) is 0 Å². The molecule has 0 heterocycles. The first-order valence-corrected chi connectivity index (χ1v) is 7.46. The molecule has 1 aromatic rings. The van der Waals surface area contributed by atoms with Crippen LogP contribution in [-0.4, -0.2) is 12.3 Å². The van der Waals surface area contributed by atoms with E-state index in [4.69, 9.17) is 0 Å². The second kappa shape index (κ2) is 5.45. The molecule has 17 heavy (non-hydrogen) atoms. The summed E-state index contributed by atoms with van der Waals surface area (Å²) >= 11 is 2.06. The van der Waals surface area contributed by atoms with Crippen molar-refractivity contribution in [2.75, 3.05) is 7.05 Å². The van der Waals surface area contributed by atoms with E-state index < -0.39 is 0 Å². The predicted molar refractivity (Wildman–Crippen MR) is 76.6 cm³/mol. The zero-order chi connectivity index (χ0) is 12.3. The van der Waals surface area contributed by atoms with Crippen LogP contribution in [0.1, 0.15) is 45.1 Å². The average molecular weight is 249 g/mol. The summed E-state index contributed by atoms with van der Waals surface area (Å²) in [5, 5.41) is 4.20. The summed E-state index contributed by atoms with van der Waals surface area (Å²) in [5.74, 6) is 0. The zero-order valence-electron chi connectivity index (χ0n) is 11.1. The fourth-order valence-corrected chi connectivity index (χ4v) is 3.54. The first-order valence-electron chi connectivity index (χ1n) is 6.58. The van der Waals surface area contributed by atoms with Crippen molar-refractivity contribution >= 4 is 11.8 Å².